The number of halogens is 3. The van der Waals surface area contributed by atoms with E-state index in [0.717, 1.165) is 11.1 Å². The van der Waals surface area contributed by atoms with Gasteiger partial charge >= 0.3 is 6.18 Å². The topological polar surface area (TPSA) is 34.1 Å². The molecule has 0 N–H and O–H groups in total. The molecule has 0 spiro atoms. The first-order valence-electron chi connectivity index (χ1n) is 7.20. The maximum atomic E-state index is 12.8. The number of Topliss-reactive ketones (excluding diaryl/α,β-unsaturated/α-hetero) is 2. The van der Waals surface area contributed by atoms with E-state index in [1.54, 1.807) is 38.1 Å². The lowest BCUT2D eigenvalue weighted by Gasteiger charge is -2.09. The molecule has 0 amide bonds. The smallest absolute Gasteiger partial charge is 0.288 e. The molecule has 2 aromatic carbocycles. The summed E-state index contributed by atoms with van der Waals surface area (Å²) >= 11 is 0. The van der Waals surface area contributed by atoms with E-state index >= 15 is 0 Å². The largest absolute Gasteiger partial charge is 0.410 e. The van der Waals surface area contributed by atoms with Crippen LogP contribution in [0.3, 0.4) is 0 Å². The van der Waals surface area contributed by atoms with Crippen molar-refractivity contribution >= 4 is 11.6 Å². The van der Waals surface area contributed by atoms with Crippen molar-refractivity contribution in [2.45, 2.75) is 20.0 Å². The van der Waals surface area contributed by atoms with Crippen LogP contribution in [0, 0.1) is 13.8 Å². The monoisotopic (exact) mass is 332 g/mol. The molecule has 0 bridgehead atoms. The Morgan fingerprint density at radius 3 is 1.38 bits per heavy atom. The highest BCUT2D eigenvalue weighted by Gasteiger charge is 2.31. The fourth-order valence-corrected chi connectivity index (χ4v) is 2.12. The van der Waals surface area contributed by atoms with Gasteiger partial charge in [0.1, 0.15) is 0 Å². The number of hydrogen-bond donors (Lipinski definition) is 0. The molecule has 0 atom stereocenters. The molecule has 0 saturated heterocycles. The fraction of sp³-hybridized carbons (Fsp3) is 0.158. The van der Waals surface area contributed by atoms with Crippen molar-refractivity contribution in [1.29, 1.82) is 0 Å². The molecule has 2 nitrogen and oxygen atoms in total. The third-order valence-corrected chi connectivity index (χ3v) is 3.42. The number of alkyl halides is 3. The quantitative estimate of drug-likeness (QED) is 0.347. The van der Waals surface area contributed by atoms with Crippen molar-refractivity contribution in [3.63, 3.8) is 0 Å². The van der Waals surface area contributed by atoms with Crippen molar-refractivity contribution in [3.8, 4) is 0 Å². The average molecular weight is 332 g/mol. The van der Waals surface area contributed by atoms with Gasteiger partial charge in [0.15, 0.2) is 11.6 Å². The highest BCUT2D eigenvalue weighted by Crippen LogP contribution is 2.23. The lowest BCUT2D eigenvalue weighted by atomic mass is 9.94. The van der Waals surface area contributed by atoms with Crippen molar-refractivity contribution < 1.29 is 22.8 Å². The Bertz CT molecular complexity index is 723. The van der Waals surface area contributed by atoms with Crippen molar-refractivity contribution in [2.24, 2.45) is 0 Å². The number of benzene rings is 2. The number of carbonyl (C=O) groups is 2. The van der Waals surface area contributed by atoms with Gasteiger partial charge in [0.2, 0.25) is 0 Å². The van der Waals surface area contributed by atoms with Crippen LogP contribution in [0.1, 0.15) is 31.8 Å². The third kappa shape index (κ3) is 4.41. The van der Waals surface area contributed by atoms with Crippen molar-refractivity contribution in [1.82, 2.24) is 0 Å². The van der Waals surface area contributed by atoms with Crippen LogP contribution in [-0.2, 0) is 0 Å². The molecule has 0 heterocycles. The molecule has 24 heavy (non-hydrogen) atoms. The number of carbonyl (C=O) groups excluding carboxylic acids is 2. The average Bonchev–Trinajstić information content (AvgIpc) is 2.52. The molecule has 0 fully saturated rings. The Balaban J connectivity index is 2.47. The fourth-order valence-electron chi connectivity index (χ4n) is 2.12. The van der Waals surface area contributed by atoms with Crippen LogP contribution in [0.2, 0.25) is 0 Å². The minimum absolute atomic E-state index is 0.0385. The molecule has 0 aliphatic carbocycles. The Kier molecular flexibility index (Phi) is 5.02. The lowest BCUT2D eigenvalue weighted by Crippen LogP contribution is -2.18. The first-order chi connectivity index (χ1) is 11.2. The molecule has 124 valence electrons. The summed E-state index contributed by atoms with van der Waals surface area (Å²) in [5, 5.41) is 0. The SMILES string of the molecule is Cc1ccc(C(=O)C(=CC(F)(F)F)C(=O)c2ccc(C)cc2)cc1. The van der Waals surface area contributed by atoms with Gasteiger partial charge in [-0.15, -0.1) is 0 Å². The molecule has 2 rings (SSSR count). The summed E-state index contributed by atoms with van der Waals surface area (Å²) in [5.41, 5.74) is 0.902. The van der Waals surface area contributed by atoms with Gasteiger partial charge < -0.3 is 0 Å². The minimum atomic E-state index is -4.77. The second-order valence-corrected chi connectivity index (χ2v) is 5.49. The van der Waals surface area contributed by atoms with Gasteiger partial charge in [-0.25, -0.2) is 0 Å². The second-order valence-electron chi connectivity index (χ2n) is 5.49. The Morgan fingerprint density at radius 2 is 1.08 bits per heavy atom. The highest BCUT2D eigenvalue weighted by molar-refractivity contribution is 6.30. The van der Waals surface area contributed by atoms with E-state index < -0.39 is 23.3 Å². The number of aryl methyl sites for hydroxylation is 2. The Labute approximate surface area is 137 Å². The number of ketones is 2. The summed E-state index contributed by atoms with van der Waals surface area (Å²) in [5.74, 6) is -1.89. The first kappa shape index (κ1) is 17.7. The standard InChI is InChI=1S/C19H15F3O2/c1-12-3-7-14(8-4-12)17(23)16(11-19(20,21)22)18(24)15-9-5-13(2)6-10-15/h3-11H,1-2H3. The van der Waals surface area contributed by atoms with Crippen LogP contribution in [0.4, 0.5) is 13.2 Å². The summed E-state index contributed by atoms with van der Waals surface area (Å²) in [6, 6.07) is 12.1. The van der Waals surface area contributed by atoms with Gasteiger partial charge in [-0.3, -0.25) is 9.59 Å². The zero-order valence-corrected chi connectivity index (χ0v) is 13.1. The Hall–Kier alpha value is -2.69. The van der Waals surface area contributed by atoms with E-state index in [2.05, 4.69) is 0 Å². The molecule has 0 aliphatic rings. The highest BCUT2D eigenvalue weighted by atomic mass is 19.4. The molecule has 0 radical (unpaired) electrons. The molecule has 2 aromatic rings. The van der Waals surface area contributed by atoms with Gasteiger partial charge in [-0.05, 0) is 13.8 Å². The number of allylic oxidation sites excluding steroid dienone is 2. The number of hydrogen-bond acceptors (Lipinski definition) is 2. The molecule has 0 saturated carbocycles. The molecule has 0 aliphatic heterocycles. The first-order valence-corrected chi connectivity index (χ1v) is 7.20. The molecule has 0 aromatic heterocycles. The summed E-state index contributed by atoms with van der Waals surface area (Å²) < 4.78 is 38.4. The molecule has 5 heteroatoms. The summed E-state index contributed by atoms with van der Waals surface area (Å²) in [7, 11) is 0. The minimum Gasteiger partial charge on any atom is -0.288 e. The zero-order valence-electron chi connectivity index (χ0n) is 13.1. The van der Waals surface area contributed by atoms with Gasteiger partial charge in [0.25, 0.3) is 0 Å². The maximum absolute atomic E-state index is 12.8. The van der Waals surface area contributed by atoms with E-state index in [-0.39, 0.29) is 17.2 Å². The predicted molar refractivity (Wildman–Crippen MR) is 85.2 cm³/mol. The van der Waals surface area contributed by atoms with E-state index in [9.17, 15) is 22.8 Å². The summed E-state index contributed by atoms with van der Waals surface area (Å²) in [6.07, 6.45) is -4.99. The van der Waals surface area contributed by atoms with Crippen LogP contribution in [0.5, 0.6) is 0 Å². The van der Waals surface area contributed by atoms with E-state index in [0.29, 0.717) is 0 Å². The van der Waals surface area contributed by atoms with Gasteiger partial charge in [-0.1, -0.05) is 59.7 Å². The lowest BCUT2D eigenvalue weighted by molar-refractivity contribution is -0.0803. The summed E-state index contributed by atoms with van der Waals surface area (Å²) in [4.78, 5) is 24.9. The van der Waals surface area contributed by atoms with Gasteiger partial charge in [0.05, 0.1) is 5.57 Å². The van der Waals surface area contributed by atoms with E-state index in [4.69, 9.17) is 0 Å². The normalized spacial score (nSPS) is 11.0. The summed E-state index contributed by atoms with van der Waals surface area (Å²) in [6.45, 7) is 3.58. The zero-order chi connectivity index (χ0) is 17.9. The van der Waals surface area contributed by atoms with E-state index in [1.807, 2.05) is 0 Å². The molecular weight excluding hydrogens is 317 g/mol. The van der Waals surface area contributed by atoms with Crippen LogP contribution in [0.15, 0.2) is 60.2 Å². The van der Waals surface area contributed by atoms with Crippen LogP contribution in [0.25, 0.3) is 0 Å². The maximum Gasteiger partial charge on any atom is 0.410 e. The second kappa shape index (κ2) is 6.83. The number of rotatable bonds is 4. The van der Waals surface area contributed by atoms with Crippen LogP contribution >= 0.6 is 0 Å². The predicted octanol–water partition coefficient (Wildman–Crippen LogP) is 4.86. The van der Waals surface area contributed by atoms with E-state index in [1.165, 1.54) is 24.3 Å². The van der Waals surface area contributed by atoms with Crippen molar-refractivity contribution in [2.75, 3.05) is 0 Å². The van der Waals surface area contributed by atoms with Crippen LogP contribution in [-0.4, -0.2) is 17.7 Å². The van der Waals surface area contributed by atoms with Crippen LogP contribution < -0.4 is 0 Å². The molecular formula is C19H15F3O2. The van der Waals surface area contributed by atoms with Gasteiger partial charge in [0, 0.05) is 17.2 Å². The Morgan fingerprint density at radius 1 is 0.750 bits per heavy atom. The van der Waals surface area contributed by atoms with Gasteiger partial charge in [-0.2, -0.15) is 13.2 Å². The molecule has 0 unspecified atom stereocenters. The third-order valence-electron chi connectivity index (χ3n) is 3.42. The van der Waals surface area contributed by atoms with Crippen molar-refractivity contribution in [3.05, 3.63) is 82.4 Å².